The SMILES string of the molecule is CCOC(=O)CCN(CC)c1ccc(C=C2C(=O)N(c3ccc(C(=O)OCC)cc3)N=C2N(C)C)c(OC)c1. The summed E-state index contributed by atoms with van der Waals surface area (Å²) in [5, 5.41) is 5.86. The second-order valence-electron chi connectivity index (χ2n) is 8.82. The van der Waals surface area contributed by atoms with Gasteiger partial charge in [0.05, 0.1) is 43.6 Å². The summed E-state index contributed by atoms with van der Waals surface area (Å²) in [7, 11) is 5.21. The minimum atomic E-state index is -0.423. The number of amides is 1. The van der Waals surface area contributed by atoms with Gasteiger partial charge in [-0.05, 0) is 63.2 Å². The molecular weight excluding hydrogens is 500 g/mol. The van der Waals surface area contributed by atoms with E-state index in [0.29, 0.717) is 53.7 Å². The maximum Gasteiger partial charge on any atom is 0.338 e. The Balaban J connectivity index is 1.89. The molecule has 0 aliphatic carbocycles. The summed E-state index contributed by atoms with van der Waals surface area (Å²) in [5.41, 5.74) is 2.92. The number of rotatable bonds is 11. The smallest absolute Gasteiger partial charge is 0.338 e. The zero-order valence-electron chi connectivity index (χ0n) is 23.4. The predicted molar refractivity (Wildman–Crippen MR) is 151 cm³/mol. The molecule has 0 spiro atoms. The molecule has 0 radical (unpaired) electrons. The van der Waals surface area contributed by atoms with Gasteiger partial charge in [-0.15, -0.1) is 5.10 Å². The van der Waals surface area contributed by atoms with Crippen molar-refractivity contribution in [2.45, 2.75) is 27.2 Å². The number of hydrazone groups is 1. The number of nitrogens with zero attached hydrogens (tertiary/aromatic N) is 4. The lowest BCUT2D eigenvalue weighted by atomic mass is 10.1. The Labute approximate surface area is 229 Å². The van der Waals surface area contributed by atoms with E-state index in [4.69, 9.17) is 14.2 Å². The van der Waals surface area contributed by atoms with E-state index in [2.05, 4.69) is 10.0 Å². The summed E-state index contributed by atoms with van der Waals surface area (Å²) >= 11 is 0. The van der Waals surface area contributed by atoms with Gasteiger partial charge in [0, 0.05) is 44.5 Å². The van der Waals surface area contributed by atoms with Crippen molar-refractivity contribution in [2.75, 3.05) is 57.4 Å². The summed E-state index contributed by atoms with van der Waals surface area (Å²) in [6, 6.07) is 12.2. The third-order valence-corrected chi connectivity index (χ3v) is 6.06. The number of hydrogen-bond acceptors (Lipinski definition) is 9. The molecule has 2 aromatic rings. The van der Waals surface area contributed by atoms with Gasteiger partial charge in [-0.25, -0.2) is 4.79 Å². The van der Waals surface area contributed by atoms with Crippen LogP contribution in [-0.4, -0.2) is 76.1 Å². The van der Waals surface area contributed by atoms with Crippen molar-refractivity contribution in [3.05, 3.63) is 59.2 Å². The van der Waals surface area contributed by atoms with Crippen LogP contribution >= 0.6 is 0 Å². The topological polar surface area (TPSA) is 101 Å². The number of ether oxygens (including phenoxy) is 3. The van der Waals surface area contributed by atoms with Gasteiger partial charge in [0.15, 0.2) is 5.84 Å². The van der Waals surface area contributed by atoms with Gasteiger partial charge < -0.3 is 24.0 Å². The average Bonchev–Trinajstić information content (AvgIpc) is 3.26. The molecule has 0 atom stereocenters. The average molecular weight is 537 g/mol. The van der Waals surface area contributed by atoms with Crippen molar-refractivity contribution in [2.24, 2.45) is 5.10 Å². The third-order valence-electron chi connectivity index (χ3n) is 6.06. The van der Waals surface area contributed by atoms with Crippen LogP contribution < -0.4 is 14.6 Å². The molecule has 1 amide bonds. The van der Waals surface area contributed by atoms with Crippen molar-refractivity contribution < 1.29 is 28.6 Å². The summed E-state index contributed by atoms with van der Waals surface area (Å²) in [4.78, 5) is 41.2. The fourth-order valence-electron chi connectivity index (χ4n) is 4.09. The molecule has 208 valence electrons. The van der Waals surface area contributed by atoms with Crippen molar-refractivity contribution in [1.82, 2.24) is 4.90 Å². The van der Waals surface area contributed by atoms with E-state index in [1.54, 1.807) is 56.2 Å². The summed E-state index contributed by atoms with van der Waals surface area (Å²) in [6.07, 6.45) is 2.04. The quantitative estimate of drug-likeness (QED) is 0.314. The fourth-order valence-corrected chi connectivity index (χ4v) is 4.09. The van der Waals surface area contributed by atoms with E-state index >= 15 is 0 Å². The Kier molecular flexibility index (Phi) is 10.1. The maximum atomic E-state index is 13.5. The van der Waals surface area contributed by atoms with Gasteiger partial charge in [-0.1, -0.05) is 0 Å². The second kappa shape index (κ2) is 13.5. The molecule has 1 aliphatic heterocycles. The first kappa shape index (κ1) is 29.2. The maximum absolute atomic E-state index is 13.5. The van der Waals surface area contributed by atoms with Gasteiger partial charge in [0.2, 0.25) is 0 Å². The molecule has 3 rings (SSSR count). The highest BCUT2D eigenvalue weighted by molar-refractivity contribution is 6.32. The van der Waals surface area contributed by atoms with Crippen LogP contribution in [0, 0.1) is 0 Å². The molecule has 0 fully saturated rings. The van der Waals surface area contributed by atoms with Crippen LogP contribution in [0.15, 0.2) is 53.1 Å². The number of benzene rings is 2. The molecule has 0 saturated heterocycles. The minimum Gasteiger partial charge on any atom is -0.496 e. The monoisotopic (exact) mass is 536 g/mol. The largest absolute Gasteiger partial charge is 0.496 e. The van der Waals surface area contributed by atoms with Crippen LogP contribution in [0.4, 0.5) is 11.4 Å². The molecule has 1 heterocycles. The van der Waals surface area contributed by atoms with Gasteiger partial charge in [-0.3, -0.25) is 9.59 Å². The van der Waals surface area contributed by atoms with Gasteiger partial charge in [-0.2, -0.15) is 5.01 Å². The number of carbonyl (C=O) groups excluding carboxylic acids is 3. The lowest BCUT2D eigenvalue weighted by Crippen LogP contribution is -2.26. The van der Waals surface area contributed by atoms with E-state index < -0.39 is 5.97 Å². The highest BCUT2D eigenvalue weighted by Gasteiger charge is 2.33. The van der Waals surface area contributed by atoms with Crippen LogP contribution in [0.3, 0.4) is 0 Å². The van der Waals surface area contributed by atoms with Crippen LogP contribution in [-0.2, 0) is 19.1 Å². The number of amidine groups is 1. The minimum absolute atomic E-state index is 0.236. The van der Waals surface area contributed by atoms with Crippen molar-refractivity contribution in [3.8, 4) is 5.75 Å². The Morgan fingerprint density at radius 3 is 2.28 bits per heavy atom. The normalized spacial score (nSPS) is 13.8. The Hall–Kier alpha value is -4.34. The molecule has 0 aromatic heterocycles. The number of likely N-dealkylation sites (N-methyl/N-ethyl adjacent to an activating group) is 1. The van der Waals surface area contributed by atoms with Gasteiger partial charge in [0.1, 0.15) is 5.75 Å². The molecule has 2 aromatic carbocycles. The van der Waals surface area contributed by atoms with E-state index in [-0.39, 0.29) is 24.9 Å². The molecule has 10 heteroatoms. The molecular formula is C29H36N4O6. The lowest BCUT2D eigenvalue weighted by Gasteiger charge is -2.23. The molecule has 0 N–H and O–H groups in total. The standard InChI is InChI=1S/C29H36N4O6/c1-7-32(17-16-26(34)38-8-2)23-15-12-21(25(19-23)37-6)18-24-27(31(4)5)30-33(28(24)35)22-13-10-20(11-14-22)29(36)39-9-3/h10-15,18-19H,7-9,16-17H2,1-6H3. The van der Waals surface area contributed by atoms with Crippen LogP contribution in [0.1, 0.15) is 43.1 Å². The number of hydrogen-bond donors (Lipinski definition) is 0. The molecule has 0 unspecified atom stereocenters. The first-order chi connectivity index (χ1) is 18.7. The van der Waals surface area contributed by atoms with Crippen molar-refractivity contribution in [1.29, 1.82) is 0 Å². The van der Waals surface area contributed by atoms with Crippen LogP contribution in [0.25, 0.3) is 6.08 Å². The highest BCUT2D eigenvalue weighted by atomic mass is 16.5. The zero-order valence-corrected chi connectivity index (χ0v) is 23.4. The van der Waals surface area contributed by atoms with Crippen LogP contribution in [0.5, 0.6) is 5.75 Å². The van der Waals surface area contributed by atoms with E-state index in [0.717, 1.165) is 5.69 Å². The third kappa shape index (κ3) is 6.95. The zero-order chi connectivity index (χ0) is 28.5. The summed E-state index contributed by atoms with van der Waals surface area (Å²) < 4.78 is 15.7. The van der Waals surface area contributed by atoms with E-state index in [1.807, 2.05) is 39.2 Å². The predicted octanol–water partition coefficient (Wildman–Crippen LogP) is 3.96. The Bertz CT molecular complexity index is 1250. The first-order valence-corrected chi connectivity index (χ1v) is 12.9. The van der Waals surface area contributed by atoms with Crippen molar-refractivity contribution >= 4 is 41.1 Å². The molecule has 39 heavy (non-hydrogen) atoms. The Morgan fingerprint density at radius 2 is 1.69 bits per heavy atom. The molecule has 0 bridgehead atoms. The number of carbonyl (C=O) groups is 3. The van der Waals surface area contributed by atoms with Crippen LogP contribution in [0.2, 0.25) is 0 Å². The summed E-state index contributed by atoms with van der Waals surface area (Å²) in [6.45, 7) is 7.39. The number of esters is 2. The number of methoxy groups -OCH3 is 1. The first-order valence-electron chi connectivity index (χ1n) is 12.9. The van der Waals surface area contributed by atoms with Crippen molar-refractivity contribution in [3.63, 3.8) is 0 Å². The van der Waals surface area contributed by atoms with Gasteiger partial charge in [0.25, 0.3) is 5.91 Å². The summed E-state index contributed by atoms with van der Waals surface area (Å²) in [5.74, 6) is 0.105. The second-order valence-corrected chi connectivity index (χ2v) is 8.82. The lowest BCUT2D eigenvalue weighted by molar-refractivity contribution is -0.142. The van der Waals surface area contributed by atoms with Gasteiger partial charge >= 0.3 is 11.9 Å². The van der Waals surface area contributed by atoms with E-state index in [1.165, 1.54) is 5.01 Å². The molecule has 1 aliphatic rings. The molecule has 10 nitrogen and oxygen atoms in total. The molecule has 0 saturated carbocycles. The highest BCUT2D eigenvalue weighted by Crippen LogP contribution is 2.31. The number of anilines is 2. The Morgan fingerprint density at radius 1 is 1.00 bits per heavy atom. The van der Waals surface area contributed by atoms with E-state index in [9.17, 15) is 14.4 Å². The fraction of sp³-hybridized carbons (Fsp3) is 0.379.